The van der Waals surface area contributed by atoms with E-state index in [0.717, 1.165) is 16.8 Å². The van der Waals surface area contributed by atoms with E-state index in [1.807, 2.05) is 23.6 Å². The Morgan fingerprint density at radius 2 is 2.17 bits per heavy atom. The molecule has 0 aliphatic heterocycles. The normalized spacial score (nSPS) is 10.4. The van der Waals surface area contributed by atoms with Crippen LogP contribution >= 0.6 is 11.3 Å². The fourth-order valence-electron chi connectivity index (χ4n) is 1.22. The summed E-state index contributed by atoms with van der Waals surface area (Å²) in [6, 6.07) is 5.93. The highest BCUT2D eigenvalue weighted by atomic mass is 32.1. The summed E-state index contributed by atoms with van der Waals surface area (Å²) in [5.74, 6) is 0.751. The third-order valence-electron chi connectivity index (χ3n) is 1.86. The zero-order valence-corrected chi connectivity index (χ0v) is 7.52. The molecule has 1 aromatic heterocycles. The Bertz CT molecular complexity index is 408. The molecule has 2 aromatic rings. The van der Waals surface area contributed by atoms with Gasteiger partial charge in [0, 0.05) is 10.1 Å². The fourth-order valence-corrected chi connectivity index (χ4v) is 2.03. The molecule has 0 spiro atoms. The number of benzene rings is 1. The van der Waals surface area contributed by atoms with Crippen molar-refractivity contribution >= 4 is 27.1 Å². The molecule has 0 unspecified atom stereocenters. The first-order valence-electron chi connectivity index (χ1n) is 3.62. The highest BCUT2D eigenvalue weighted by Crippen LogP contribution is 2.32. The van der Waals surface area contributed by atoms with Crippen molar-refractivity contribution in [2.75, 3.05) is 12.8 Å². The molecule has 1 heterocycles. The van der Waals surface area contributed by atoms with Gasteiger partial charge in [0.2, 0.25) is 0 Å². The minimum absolute atomic E-state index is 0.733. The second-order valence-corrected chi connectivity index (χ2v) is 3.46. The highest BCUT2D eigenvalue weighted by molar-refractivity contribution is 7.17. The number of ether oxygens (including phenoxy) is 1. The topological polar surface area (TPSA) is 35.2 Å². The van der Waals surface area contributed by atoms with Crippen molar-refractivity contribution in [3.63, 3.8) is 0 Å². The van der Waals surface area contributed by atoms with Gasteiger partial charge in [0.15, 0.2) is 0 Å². The second-order valence-electron chi connectivity index (χ2n) is 2.51. The Hall–Kier alpha value is -1.22. The molecule has 0 amide bonds. The Kier molecular flexibility index (Phi) is 1.66. The van der Waals surface area contributed by atoms with Gasteiger partial charge in [-0.3, -0.25) is 0 Å². The van der Waals surface area contributed by atoms with E-state index in [2.05, 4.69) is 0 Å². The van der Waals surface area contributed by atoms with Crippen LogP contribution < -0.4 is 10.5 Å². The molecule has 0 fully saturated rings. The molecule has 62 valence electrons. The monoisotopic (exact) mass is 179 g/mol. The maximum Gasteiger partial charge on any atom is 0.142 e. The lowest BCUT2D eigenvalue weighted by Crippen LogP contribution is -1.91. The maximum absolute atomic E-state index is 5.86. The molecule has 0 atom stereocenters. The predicted octanol–water partition coefficient (Wildman–Crippen LogP) is 2.49. The van der Waals surface area contributed by atoms with Gasteiger partial charge in [-0.1, -0.05) is 0 Å². The first-order valence-corrected chi connectivity index (χ1v) is 4.50. The molecule has 3 heteroatoms. The van der Waals surface area contributed by atoms with Gasteiger partial charge in [-0.2, -0.15) is 0 Å². The average Bonchev–Trinajstić information content (AvgIpc) is 2.53. The Labute approximate surface area is 74.6 Å². The van der Waals surface area contributed by atoms with E-state index in [0.29, 0.717) is 0 Å². The molecule has 0 radical (unpaired) electrons. The van der Waals surface area contributed by atoms with Crippen LogP contribution in [0.15, 0.2) is 23.6 Å². The number of fused-ring (bicyclic) bond motifs is 1. The standard InChI is InChI=1S/C9H9NOS/c1-11-7-2-3-8-6(9(7)10)4-5-12-8/h2-5H,10H2,1H3. The molecule has 0 bridgehead atoms. The van der Waals surface area contributed by atoms with E-state index >= 15 is 0 Å². The smallest absolute Gasteiger partial charge is 0.142 e. The first-order chi connectivity index (χ1) is 5.83. The molecule has 2 rings (SSSR count). The number of thiophene rings is 1. The van der Waals surface area contributed by atoms with Gasteiger partial charge in [0.05, 0.1) is 12.8 Å². The maximum atomic E-state index is 5.86. The van der Waals surface area contributed by atoms with Crippen molar-refractivity contribution in [1.82, 2.24) is 0 Å². The number of rotatable bonds is 1. The van der Waals surface area contributed by atoms with Crippen LogP contribution in [-0.4, -0.2) is 7.11 Å². The number of methoxy groups -OCH3 is 1. The van der Waals surface area contributed by atoms with Gasteiger partial charge < -0.3 is 10.5 Å². The summed E-state index contributed by atoms with van der Waals surface area (Å²) in [6.45, 7) is 0. The van der Waals surface area contributed by atoms with Crippen LogP contribution in [0.2, 0.25) is 0 Å². The summed E-state index contributed by atoms with van der Waals surface area (Å²) in [6.07, 6.45) is 0. The van der Waals surface area contributed by atoms with E-state index in [4.69, 9.17) is 10.5 Å². The van der Waals surface area contributed by atoms with Gasteiger partial charge in [0.1, 0.15) is 5.75 Å². The highest BCUT2D eigenvalue weighted by Gasteiger charge is 2.04. The van der Waals surface area contributed by atoms with E-state index in [-0.39, 0.29) is 0 Å². The Morgan fingerprint density at radius 3 is 2.92 bits per heavy atom. The molecule has 0 aliphatic carbocycles. The molecule has 12 heavy (non-hydrogen) atoms. The third kappa shape index (κ3) is 0.940. The Balaban J connectivity index is 2.78. The minimum atomic E-state index is 0.733. The number of hydrogen-bond donors (Lipinski definition) is 1. The lowest BCUT2D eigenvalue weighted by Gasteiger charge is -2.03. The summed E-state index contributed by atoms with van der Waals surface area (Å²) < 4.78 is 6.30. The van der Waals surface area contributed by atoms with Crippen LogP contribution in [0, 0.1) is 0 Å². The lowest BCUT2D eigenvalue weighted by atomic mass is 10.2. The summed E-state index contributed by atoms with van der Waals surface area (Å²) in [5.41, 5.74) is 6.59. The van der Waals surface area contributed by atoms with Crippen LogP contribution in [0.25, 0.3) is 10.1 Å². The minimum Gasteiger partial charge on any atom is -0.495 e. The van der Waals surface area contributed by atoms with Crippen LogP contribution in [-0.2, 0) is 0 Å². The second kappa shape index (κ2) is 2.68. The summed E-state index contributed by atoms with van der Waals surface area (Å²) in [5, 5.41) is 3.11. The largest absolute Gasteiger partial charge is 0.495 e. The Morgan fingerprint density at radius 1 is 1.33 bits per heavy atom. The molecule has 2 N–H and O–H groups in total. The van der Waals surface area contributed by atoms with Gasteiger partial charge in [-0.05, 0) is 23.6 Å². The lowest BCUT2D eigenvalue weighted by molar-refractivity contribution is 0.417. The molecule has 2 nitrogen and oxygen atoms in total. The quantitative estimate of drug-likeness (QED) is 0.682. The van der Waals surface area contributed by atoms with E-state index in [9.17, 15) is 0 Å². The van der Waals surface area contributed by atoms with Gasteiger partial charge >= 0.3 is 0 Å². The van der Waals surface area contributed by atoms with E-state index in [1.165, 1.54) is 4.70 Å². The SMILES string of the molecule is COc1ccc2sccc2c1N. The fraction of sp³-hybridized carbons (Fsp3) is 0.111. The van der Waals surface area contributed by atoms with Crippen molar-refractivity contribution in [3.8, 4) is 5.75 Å². The van der Waals surface area contributed by atoms with E-state index in [1.54, 1.807) is 18.4 Å². The summed E-state index contributed by atoms with van der Waals surface area (Å²) >= 11 is 1.69. The zero-order valence-electron chi connectivity index (χ0n) is 6.70. The summed E-state index contributed by atoms with van der Waals surface area (Å²) in [7, 11) is 1.63. The average molecular weight is 179 g/mol. The first kappa shape index (κ1) is 7.43. The van der Waals surface area contributed by atoms with Gasteiger partial charge in [-0.25, -0.2) is 0 Å². The molecular formula is C9H9NOS. The van der Waals surface area contributed by atoms with Gasteiger partial charge in [0.25, 0.3) is 0 Å². The van der Waals surface area contributed by atoms with Crippen molar-refractivity contribution in [1.29, 1.82) is 0 Å². The van der Waals surface area contributed by atoms with Crippen LogP contribution in [0.1, 0.15) is 0 Å². The number of hydrogen-bond acceptors (Lipinski definition) is 3. The number of nitrogen functional groups attached to an aromatic ring is 1. The van der Waals surface area contributed by atoms with Crippen molar-refractivity contribution in [3.05, 3.63) is 23.6 Å². The number of anilines is 1. The molecular weight excluding hydrogens is 170 g/mol. The molecule has 0 saturated heterocycles. The third-order valence-corrected chi connectivity index (χ3v) is 2.74. The van der Waals surface area contributed by atoms with E-state index < -0.39 is 0 Å². The van der Waals surface area contributed by atoms with Crippen molar-refractivity contribution in [2.45, 2.75) is 0 Å². The van der Waals surface area contributed by atoms with Crippen LogP contribution in [0.5, 0.6) is 5.75 Å². The van der Waals surface area contributed by atoms with Crippen LogP contribution in [0.3, 0.4) is 0 Å². The zero-order chi connectivity index (χ0) is 8.55. The summed E-state index contributed by atoms with van der Waals surface area (Å²) in [4.78, 5) is 0. The predicted molar refractivity (Wildman–Crippen MR) is 52.8 cm³/mol. The van der Waals surface area contributed by atoms with Crippen molar-refractivity contribution in [2.24, 2.45) is 0 Å². The molecule has 0 aliphatic rings. The van der Waals surface area contributed by atoms with Crippen molar-refractivity contribution < 1.29 is 4.74 Å². The molecule has 1 aromatic carbocycles. The number of nitrogens with two attached hydrogens (primary N) is 1. The van der Waals surface area contributed by atoms with Gasteiger partial charge in [-0.15, -0.1) is 11.3 Å². The van der Waals surface area contributed by atoms with Crippen LogP contribution in [0.4, 0.5) is 5.69 Å². The molecule has 0 saturated carbocycles.